The van der Waals surface area contributed by atoms with Gasteiger partial charge >= 0.3 is 6.18 Å². The summed E-state index contributed by atoms with van der Waals surface area (Å²) in [6.45, 7) is 0.580. The van der Waals surface area contributed by atoms with E-state index in [9.17, 15) is 18.0 Å². The maximum absolute atomic E-state index is 13.9. The molecule has 4 aromatic rings. The minimum absolute atomic E-state index is 0.125. The molecule has 1 fully saturated rings. The normalized spacial score (nSPS) is 16.0. The van der Waals surface area contributed by atoms with Crippen LogP contribution in [0.2, 0.25) is 0 Å². The smallest absolute Gasteiger partial charge is 0.404 e. The molecule has 2 aromatic heterocycles. The van der Waals surface area contributed by atoms with E-state index < -0.39 is 11.9 Å². The van der Waals surface area contributed by atoms with Gasteiger partial charge in [-0.25, -0.2) is 9.97 Å². The average Bonchev–Trinajstić information content (AvgIpc) is 3.62. The number of ketones is 1. The van der Waals surface area contributed by atoms with Gasteiger partial charge in [-0.05, 0) is 35.4 Å². The van der Waals surface area contributed by atoms with E-state index in [0.29, 0.717) is 40.0 Å². The predicted octanol–water partition coefficient (Wildman–Crippen LogP) is 3.84. The Morgan fingerprint density at radius 2 is 2.03 bits per heavy atom. The zero-order valence-electron chi connectivity index (χ0n) is 19.6. The van der Waals surface area contributed by atoms with Crippen LogP contribution in [0.25, 0.3) is 33.3 Å². The predicted molar refractivity (Wildman–Crippen MR) is 136 cm³/mol. The number of pyridine rings is 1. The Labute approximate surface area is 209 Å². The van der Waals surface area contributed by atoms with Crippen molar-refractivity contribution in [2.24, 2.45) is 10.7 Å². The Morgan fingerprint density at radius 1 is 1.24 bits per heavy atom. The first kappa shape index (κ1) is 24.2. The van der Waals surface area contributed by atoms with Crippen molar-refractivity contribution in [2.45, 2.75) is 12.2 Å². The maximum atomic E-state index is 13.9. The van der Waals surface area contributed by atoms with Crippen LogP contribution in [0.4, 0.5) is 18.9 Å². The number of nitrogens with two attached hydrogens (primary N) is 2. The largest absolute Gasteiger partial charge is 0.433 e. The topological polar surface area (TPSA) is 134 Å². The quantitative estimate of drug-likeness (QED) is 0.158. The van der Waals surface area contributed by atoms with Crippen LogP contribution in [0.3, 0.4) is 0 Å². The number of rotatable bonds is 6. The molecular weight excluding hydrogens is 483 g/mol. The van der Waals surface area contributed by atoms with Gasteiger partial charge in [0.25, 0.3) is 0 Å². The van der Waals surface area contributed by atoms with Crippen LogP contribution >= 0.6 is 0 Å². The van der Waals surface area contributed by atoms with Crippen molar-refractivity contribution in [3.63, 3.8) is 0 Å². The molecule has 1 saturated heterocycles. The van der Waals surface area contributed by atoms with Crippen LogP contribution in [0.5, 0.6) is 0 Å². The molecule has 1 aliphatic heterocycles. The SMILES string of the molecule is CN=CC(=CN)c1cn(-c2cccc3c(-c4ccc(C(=O)C5CN5)c(N)c4)cc(C(F)(F)F)nc23)cn1. The van der Waals surface area contributed by atoms with Crippen molar-refractivity contribution in [1.82, 2.24) is 19.9 Å². The Morgan fingerprint density at radius 3 is 2.68 bits per heavy atom. The molecule has 3 heterocycles. The van der Waals surface area contributed by atoms with Crippen LogP contribution in [-0.2, 0) is 6.18 Å². The van der Waals surface area contributed by atoms with Gasteiger partial charge in [-0.3, -0.25) is 9.79 Å². The number of hydrogen-bond acceptors (Lipinski definition) is 7. The molecule has 0 aliphatic carbocycles. The fraction of sp³-hybridized carbons (Fsp3) is 0.154. The number of allylic oxidation sites excluding steroid dienone is 1. The lowest BCUT2D eigenvalue weighted by atomic mass is 9.96. The number of para-hydroxylation sites is 1. The highest BCUT2D eigenvalue weighted by molar-refractivity contribution is 6.09. The Kier molecular flexibility index (Phi) is 6.00. The van der Waals surface area contributed by atoms with E-state index in [2.05, 4.69) is 20.3 Å². The fourth-order valence-electron chi connectivity index (χ4n) is 4.15. The molecule has 5 rings (SSSR count). The van der Waals surface area contributed by atoms with Gasteiger partial charge in [-0.2, -0.15) is 13.2 Å². The molecule has 0 radical (unpaired) electrons. The third-order valence-corrected chi connectivity index (χ3v) is 6.07. The first-order valence-corrected chi connectivity index (χ1v) is 11.3. The number of imidazole rings is 1. The molecule has 188 valence electrons. The Bertz CT molecular complexity index is 1580. The summed E-state index contributed by atoms with van der Waals surface area (Å²) in [6.07, 6.45) is 1.30. The second-order valence-corrected chi connectivity index (χ2v) is 8.53. The van der Waals surface area contributed by atoms with Crippen molar-refractivity contribution >= 4 is 34.2 Å². The van der Waals surface area contributed by atoms with Crippen LogP contribution in [0, 0.1) is 0 Å². The minimum Gasteiger partial charge on any atom is -0.404 e. The number of nitrogens with one attached hydrogen (secondary N) is 1. The standard InChI is InChI=1S/C26H22F3N7O/c1-32-10-15(9-30)21-12-36(13-34-21)22-4-2-3-16-18(8-23(26(27,28)29)35-24(16)22)14-5-6-17(19(31)7-14)25(37)20-11-33-20/h2-10,12-13,20,33H,11,30-31H2,1H3. The van der Waals surface area contributed by atoms with Gasteiger partial charge in [0, 0.05) is 54.4 Å². The van der Waals surface area contributed by atoms with Crippen molar-refractivity contribution in [3.05, 3.63) is 78.1 Å². The number of halogens is 3. The van der Waals surface area contributed by atoms with Crippen LogP contribution in [0.1, 0.15) is 21.7 Å². The second kappa shape index (κ2) is 9.17. The lowest BCUT2D eigenvalue weighted by Gasteiger charge is -2.15. The first-order chi connectivity index (χ1) is 17.7. The number of carbonyl (C=O) groups is 1. The molecule has 8 nitrogen and oxygen atoms in total. The van der Waals surface area contributed by atoms with E-state index in [-0.39, 0.29) is 28.6 Å². The van der Waals surface area contributed by atoms with E-state index >= 15 is 0 Å². The van der Waals surface area contributed by atoms with Crippen molar-refractivity contribution in [1.29, 1.82) is 0 Å². The Hall–Kier alpha value is -4.51. The average molecular weight is 506 g/mol. The lowest BCUT2D eigenvalue weighted by Crippen LogP contribution is -2.12. The van der Waals surface area contributed by atoms with Gasteiger partial charge in [0.05, 0.1) is 29.3 Å². The molecule has 0 amide bonds. The van der Waals surface area contributed by atoms with Gasteiger partial charge in [-0.15, -0.1) is 0 Å². The zero-order chi connectivity index (χ0) is 26.3. The number of fused-ring (bicyclic) bond motifs is 1. The summed E-state index contributed by atoms with van der Waals surface area (Å²) in [4.78, 5) is 24.7. The van der Waals surface area contributed by atoms with Gasteiger partial charge in [0.1, 0.15) is 5.69 Å². The van der Waals surface area contributed by atoms with Gasteiger partial charge in [0.15, 0.2) is 5.78 Å². The highest BCUT2D eigenvalue weighted by Crippen LogP contribution is 2.38. The molecule has 1 unspecified atom stereocenters. The molecular formula is C26H22F3N7O. The van der Waals surface area contributed by atoms with Crippen molar-refractivity contribution in [2.75, 3.05) is 19.3 Å². The number of aliphatic imine (C=N–C) groups is 1. The van der Waals surface area contributed by atoms with Gasteiger partial charge in [0.2, 0.25) is 0 Å². The first-order valence-electron chi connectivity index (χ1n) is 11.3. The number of aromatic nitrogens is 3. The number of Topliss-reactive ketones (excluding diaryl/α,β-unsaturated/α-hetero) is 1. The minimum atomic E-state index is -4.69. The molecule has 2 aromatic carbocycles. The highest BCUT2D eigenvalue weighted by Gasteiger charge is 2.34. The molecule has 1 aliphatic rings. The third kappa shape index (κ3) is 4.56. The number of benzene rings is 2. The molecule has 0 saturated carbocycles. The van der Waals surface area contributed by atoms with E-state index in [4.69, 9.17) is 11.5 Å². The summed E-state index contributed by atoms with van der Waals surface area (Å²) in [7, 11) is 1.59. The number of nitrogen functional groups attached to an aromatic ring is 1. The molecule has 5 N–H and O–H groups in total. The van der Waals surface area contributed by atoms with Crippen LogP contribution in [-0.4, -0.2) is 46.2 Å². The molecule has 0 bridgehead atoms. The summed E-state index contributed by atoms with van der Waals surface area (Å²) >= 11 is 0. The zero-order valence-corrected chi connectivity index (χ0v) is 19.6. The van der Waals surface area contributed by atoms with E-state index in [1.54, 1.807) is 48.1 Å². The number of hydrogen-bond donors (Lipinski definition) is 3. The Balaban J connectivity index is 1.69. The van der Waals surface area contributed by atoms with Crippen molar-refractivity contribution in [3.8, 4) is 16.8 Å². The number of nitrogens with zero attached hydrogens (tertiary/aromatic N) is 4. The van der Waals surface area contributed by atoms with Crippen molar-refractivity contribution < 1.29 is 18.0 Å². The summed E-state index contributed by atoms with van der Waals surface area (Å²) in [5.74, 6) is -0.142. The highest BCUT2D eigenvalue weighted by atomic mass is 19.4. The number of alkyl halides is 3. The monoisotopic (exact) mass is 505 g/mol. The van der Waals surface area contributed by atoms with Crippen LogP contribution in [0.15, 0.2) is 66.2 Å². The number of anilines is 1. The van der Waals surface area contributed by atoms with E-state index in [1.807, 2.05) is 0 Å². The van der Waals surface area contributed by atoms with E-state index in [1.165, 1.54) is 24.8 Å². The van der Waals surface area contributed by atoms with Gasteiger partial charge < -0.3 is 21.4 Å². The molecule has 0 spiro atoms. The molecule has 37 heavy (non-hydrogen) atoms. The van der Waals surface area contributed by atoms with Crippen LogP contribution < -0.4 is 16.8 Å². The fourth-order valence-corrected chi connectivity index (χ4v) is 4.15. The second-order valence-electron chi connectivity index (χ2n) is 8.53. The summed E-state index contributed by atoms with van der Waals surface area (Å²) < 4.78 is 43.4. The number of carbonyl (C=O) groups excluding carboxylic acids is 1. The summed E-state index contributed by atoms with van der Waals surface area (Å²) in [5, 5.41) is 3.41. The maximum Gasteiger partial charge on any atom is 0.433 e. The van der Waals surface area contributed by atoms with Gasteiger partial charge in [-0.1, -0.05) is 18.2 Å². The summed E-state index contributed by atoms with van der Waals surface area (Å²) in [6, 6.07) is 10.5. The third-order valence-electron chi connectivity index (χ3n) is 6.07. The van der Waals surface area contributed by atoms with E-state index in [0.717, 1.165) is 6.07 Å². The summed E-state index contributed by atoms with van der Waals surface area (Å²) in [5.41, 5.74) is 13.6. The lowest BCUT2D eigenvalue weighted by molar-refractivity contribution is -0.140. The molecule has 11 heteroatoms. The molecule has 1 atom stereocenters.